The summed E-state index contributed by atoms with van der Waals surface area (Å²) in [6.45, 7) is 4.08. The molecule has 27 heavy (non-hydrogen) atoms. The van der Waals surface area contributed by atoms with Crippen LogP contribution in [-0.4, -0.2) is 10.8 Å². The molecule has 136 valence electrons. The molecule has 0 saturated heterocycles. The SMILES string of the molecule is CC1(C)CC(=O)C2=C(C1)Oc1nc(N)c(C#N)c(N)c1[C@H]2c1ccccc1. The molecule has 4 rings (SSSR count). The molecule has 0 fully saturated rings. The number of anilines is 2. The van der Waals surface area contributed by atoms with Gasteiger partial charge in [0.2, 0.25) is 5.88 Å². The largest absolute Gasteiger partial charge is 0.442 e. The predicted molar refractivity (Wildman–Crippen MR) is 102 cm³/mol. The Bertz CT molecular complexity index is 1030. The van der Waals surface area contributed by atoms with E-state index in [4.69, 9.17) is 16.2 Å². The summed E-state index contributed by atoms with van der Waals surface area (Å²) in [5.74, 6) is 0.547. The van der Waals surface area contributed by atoms with E-state index >= 15 is 0 Å². The smallest absolute Gasteiger partial charge is 0.227 e. The highest BCUT2D eigenvalue weighted by Gasteiger charge is 2.43. The van der Waals surface area contributed by atoms with Crippen molar-refractivity contribution in [2.45, 2.75) is 32.6 Å². The first-order valence-electron chi connectivity index (χ1n) is 8.80. The average molecular weight is 360 g/mol. The van der Waals surface area contributed by atoms with Crippen LogP contribution < -0.4 is 16.2 Å². The Balaban J connectivity index is 2.02. The monoisotopic (exact) mass is 360 g/mol. The average Bonchev–Trinajstić information content (AvgIpc) is 2.60. The van der Waals surface area contributed by atoms with Crippen LogP contribution >= 0.6 is 0 Å². The van der Waals surface area contributed by atoms with Gasteiger partial charge in [-0.25, -0.2) is 0 Å². The number of nitrogen functional groups attached to an aromatic ring is 2. The van der Waals surface area contributed by atoms with E-state index in [1.54, 1.807) is 0 Å². The molecule has 6 nitrogen and oxygen atoms in total. The number of hydrogen-bond donors (Lipinski definition) is 2. The zero-order valence-corrected chi connectivity index (χ0v) is 15.2. The molecule has 1 aliphatic heterocycles. The molecule has 1 aromatic heterocycles. The van der Waals surface area contributed by atoms with Gasteiger partial charge in [0.25, 0.3) is 0 Å². The summed E-state index contributed by atoms with van der Waals surface area (Å²) in [7, 11) is 0. The Morgan fingerprint density at radius 2 is 1.93 bits per heavy atom. The van der Waals surface area contributed by atoms with Crippen molar-refractivity contribution in [1.82, 2.24) is 4.98 Å². The van der Waals surface area contributed by atoms with Crippen LogP contribution in [0.4, 0.5) is 11.5 Å². The van der Waals surface area contributed by atoms with Crippen molar-refractivity contribution in [3.8, 4) is 11.9 Å². The highest BCUT2D eigenvalue weighted by molar-refractivity contribution is 6.00. The number of benzene rings is 1. The van der Waals surface area contributed by atoms with Crippen molar-refractivity contribution in [1.29, 1.82) is 5.26 Å². The number of pyridine rings is 1. The lowest BCUT2D eigenvalue weighted by atomic mass is 9.70. The summed E-state index contributed by atoms with van der Waals surface area (Å²) in [5, 5.41) is 9.44. The minimum absolute atomic E-state index is 0.0333. The third kappa shape index (κ3) is 2.63. The lowest BCUT2D eigenvalue weighted by Gasteiger charge is -2.38. The maximum Gasteiger partial charge on any atom is 0.227 e. The van der Waals surface area contributed by atoms with Crippen molar-refractivity contribution in [2.24, 2.45) is 5.41 Å². The van der Waals surface area contributed by atoms with Gasteiger partial charge in [-0.1, -0.05) is 44.2 Å². The second kappa shape index (κ2) is 5.85. The number of carbonyl (C=O) groups excluding carboxylic acids is 1. The topological polar surface area (TPSA) is 115 Å². The maximum absolute atomic E-state index is 13.1. The van der Waals surface area contributed by atoms with Crippen LogP contribution in [-0.2, 0) is 4.79 Å². The molecule has 0 unspecified atom stereocenters. The van der Waals surface area contributed by atoms with Crippen molar-refractivity contribution in [3.05, 3.63) is 58.4 Å². The summed E-state index contributed by atoms with van der Waals surface area (Å²) in [6, 6.07) is 11.6. The first-order chi connectivity index (χ1) is 12.8. The highest BCUT2D eigenvalue weighted by Crippen LogP contribution is 2.51. The van der Waals surface area contributed by atoms with E-state index in [1.165, 1.54) is 0 Å². The Labute approximate surface area is 157 Å². The summed E-state index contributed by atoms with van der Waals surface area (Å²) in [5.41, 5.74) is 14.4. The third-order valence-corrected chi connectivity index (χ3v) is 5.19. The molecule has 0 amide bonds. The van der Waals surface area contributed by atoms with Gasteiger partial charge in [-0.15, -0.1) is 0 Å². The molecule has 6 heteroatoms. The molecule has 0 radical (unpaired) electrons. The number of fused-ring (bicyclic) bond motifs is 1. The van der Waals surface area contributed by atoms with Gasteiger partial charge >= 0.3 is 0 Å². The highest BCUT2D eigenvalue weighted by atomic mass is 16.5. The molecular weight excluding hydrogens is 340 g/mol. The summed E-state index contributed by atoms with van der Waals surface area (Å²) >= 11 is 0. The lowest BCUT2D eigenvalue weighted by molar-refractivity contribution is -0.118. The summed E-state index contributed by atoms with van der Waals surface area (Å²) in [4.78, 5) is 17.4. The molecule has 1 aromatic carbocycles. The number of allylic oxidation sites excluding steroid dienone is 2. The number of ketones is 1. The Morgan fingerprint density at radius 1 is 1.22 bits per heavy atom. The summed E-state index contributed by atoms with van der Waals surface area (Å²) in [6.07, 6.45) is 1.06. The molecule has 2 aliphatic rings. The number of nitrogens with zero attached hydrogens (tertiary/aromatic N) is 2. The molecule has 1 atom stereocenters. The van der Waals surface area contributed by atoms with Crippen LogP contribution in [0.5, 0.6) is 5.88 Å². The van der Waals surface area contributed by atoms with Crippen LogP contribution in [0.25, 0.3) is 0 Å². The number of aromatic nitrogens is 1. The van der Waals surface area contributed by atoms with Gasteiger partial charge in [0.15, 0.2) is 5.78 Å². The van der Waals surface area contributed by atoms with E-state index in [1.807, 2.05) is 50.2 Å². The molecular formula is C21H20N4O2. The lowest BCUT2D eigenvalue weighted by Crippen LogP contribution is -2.33. The fourth-order valence-electron chi connectivity index (χ4n) is 4.02. The minimum Gasteiger partial charge on any atom is -0.442 e. The van der Waals surface area contributed by atoms with E-state index in [0.717, 1.165) is 5.56 Å². The first-order valence-corrected chi connectivity index (χ1v) is 8.80. The van der Waals surface area contributed by atoms with Crippen molar-refractivity contribution in [3.63, 3.8) is 0 Å². The van der Waals surface area contributed by atoms with Gasteiger partial charge in [-0.2, -0.15) is 10.2 Å². The fraction of sp³-hybridized carbons (Fsp3) is 0.286. The van der Waals surface area contributed by atoms with Crippen LogP contribution in [0.3, 0.4) is 0 Å². The van der Waals surface area contributed by atoms with Gasteiger partial charge in [-0.05, 0) is 11.0 Å². The zero-order chi connectivity index (χ0) is 19.3. The van der Waals surface area contributed by atoms with Crippen LogP contribution in [0.15, 0.2) is 41.7 Å². The maximum atomic E-state index is 13.1. The summed E-state index contributed by atoms with van der Waals surface area (Å²) < 4.78 is 6.03. The second-order valence-electron chi connectivity index (χ2n) is 7.84. The van der Waals surface area contributed by atoms with E-state index in [2.05, 4.69) is 4.98 Å². The Morgan fingerprint density at radius 3 is 2.59 bits per heavy atom. The van der Waals surface area contributed by atoms with Crippen LogP contribution in [0, 0.1) is 16.7 Å². The van der Waals surface area contributed by atoms with Gasteiger partial charge < -0.3 is 16.2 Å². The van der Waals surface area contributed by atoms with Gasteiger partial charge in [-0.3, -0.25) is 4.79 Å². The number of Topliss-reactive ketones (excluding diaryl/α,β-unsaturated/α-hetero) is 1. The number of carbonyl (C=O) groups is 1. The molecule has 2 heterocycles. The second-order valence-corrected chi connectivity index (χ2v) is 7.84. The van der Waals surface area contributed by atoms with E-state index < -0.39 is 5.92 Å². The number of ether oxygens (including phenoxy) is 1. The third-order valence-electron chi connectivity index (χ3n) is 5.19. The van der Waals surface area contributed by atoms with E-state index in [9.17, 15) is 10.1 Å². The molecule has 1 aliphatic carbocycles. The number of hydrogen-bond acceptors (Lipinski definition) is 6. The molecule has 4 N–H and O–H groups in total. The van der Waals surface area contributed by atoms with Crippen molar-refractivity contribution >= 4 is 17.3 Å². The van der Waals surface area contributed by atoms with Gasteiger partial charge in [0.05, 0.1) is 11.3 Å². The predicted octanol–water partition coefficient (Wildman–Crippen LogP) is 3.29. The van der Waals surface area contributed by atoms with E-state index in [0.29, 0.717) is 29.7 Å². The zero-order valence-electron chi connectivity index (χ0n) is 15.2. The Kier molecular flexibility index (Phi) is 3.70. The minimum atomic E-state index is -0.422. The van der Waals surface area contributed by atoms with Crippen molar-refractivity contribution < 1.29 is 9.53 Å². The normalized spacial score (nSPS) is 20.3. The van der Waals surface area contributed by atoms with Crippen molar-refractivity contribution in [2.75, 3.05) is 11.5 Å². The van der Waals surface area contributed by atoms with Crippen LogP contribution in [0.1, 0.15) is 49.3 Å². The quantitative estimate of drug-likeness (QED) is 0.806. The molecule has 0 saturated carbocycles. The number of nitriles is 1. The fourth-order valence-corrected chi connectivity index (χ4v) is 4.02. The number of nitrogens with two attached hydrogens (primary N) is 2. The standard InChI is InChI=1S/C21H20N4O2/c1-21(2)8-13(26)16-14(9-21)27-20-17(15(16)11-6-4-3-5-7-11)18(23)12(10-22)19(24)25-20/h3-7,15H,8-9H2,1-2H3,(H4,23,24,25)/t15-/m0/s1. The molecule has 0 spiro atoms. The number of rotatable bonds is 1. The molecule has 0 bridgehead atoms. The Hall–Kier alpha value is -3.33. The van der Waals surface area contributed by atoms with Gasteiger partial charge in [0, 0.05) is 24.3 Å². The van der Waals surface area contributed by atoms with Crippen LogP contribution in [0.2, 0.25) is 0 Å². The van der Waals surface area contributed by atoms with E-state index in [-0.39, 0.29) is 34.1 Å². The first kappa shape index (κ1) is 17.1. The van der Waals surface area contributed by atoms with Gasteiger partial charge in [0.1, 0.15) is 23.2 Å². The molecule has 2 aromatic rings.